The highest BCUT2D eigenvalue weighted by atomic mass is 32.1. The number of aromatic nitrogens is 3. The van der Waals surface area contributed by atoms with Crippen molar-refractivity contribution in [1.82, 2.24) is 14.1 Å². The van der Waals surface area contributed by atoms with Gasteiger partial charge in [0.15, 0.2) is 0 Å². The van der Waals surface area contributed by atoms with Gasteiger partial charge in [-0.2, -0.15) is 0 Å². The number of rotatable bonds is 6. The summed E-state index contributed by atoms with van der Waals surface area (Å²) >= 11 is 1.43. The van der Waals surface area contributed by atoms with Crippen LogP contribution in [0.5, 0.6) is 0 Å². The van der Waals surface area contributed by atoms with Crippen LogP contribution in [0, 0.1) is 0 Å². The third kappa shape index (κ3) is 4.33. The van der Waals surface area contributed by atoms with Crippen molar-refractivity contribution >= 4 is 27.5 Å². The quantitative estimate of drug-likeness (QED) is 0.459. The fourth-order valence-corrected chi connectivity index (χ4v) is 3.78. The van der Waals surface area contributed by atoms with E-state index in [1.54, 1.807) is 0 Å². The molecular weight excluding hydrogens is 390 g/mol. The molecule has 0 atom stereocenters. The SMILES string of the molecule is O=C(Cn1c(=O)ccn(Cc2ccccc2)c1=O)OCc1nc2ccccc2s1. The monoisotopic (exact) mass is 407 g/mol. The van der Waals surface area contributed by atoms with Crippen molar-refractivity contribution < 1.29 is 9.53 Å². The lowest BCUT2D eigenvalue weighted by atomic mass is 10.2. The van der Waals surface area contributed by atoms with Crippen molar-refractivity contribution in [2.24, 2.45) is 0 Å². The maximum Gasteiger partial charge on any atom is 0.331 e. The molecule has 0 saturated heterocycles. The Balaban J connectivity index is 1.46. The summed E-state index contributed by atoms with van der Waals surface area (Å²) in [6, 6.07) is 18.3. The molecule has 4 aromatic rings. The van der Waals surface area contributed by atoms with Crippen LogP contribution >= 0.6 is 11.3 Å². The molecule has 4 rings (SSSR count). The van der Waals surface area contributed by atoms with Gasteiger partial charge in [-0.3, -0.25) is 14.2 Å². The van der Waals surface area contributed by atoms with Gasteiger partial charge in [-0.05, 0) is 17.7 Å². The predicted octanol–water partition coefficient (Wildman–Crippen LogP) is 2.41. The second kappa shape index (κ2) is 8.24. The molecule has 0 amide bonds. The molecule has 7 nitrogen and oxygen atoms in total. The Bertz CT molecular complexity index is 1240. The minimum absolute atomic E-state index is 0.00201. The lowest BCUT2D eigenvalue weighted by Gasteiger charge is -2.09. The summed E-state index contributed by atoms with van der Waals surface area (Å²) in [6.45, 7) is -0.142. The molecule has 2 heterocycles. The van der Waals surface area contributed by atoms with E-state index in [-0.39, 0.29) is 6.61 Å². The molecule has 0 unspecified atom stereocenters. The number of hydrogen-bond acceptors (Lipinski definition) is 6. The van der Waals surface area contributed by atoms with Gasteiger partial charge in [0.25, 0.3) is 5.56 Å². The largest absolute Gasteiger partial charge is 0.457 e. The highest BCUT2D eigenvalue weighted by molar-refractivity contribution is 7.18. The topological polar surface area (TPSA) is 83.2 Å². The van der Waals surface area contributed by atoms with Crippen molar-refractivity contribution in [3.8, 4) is 0 Å². The fourth-order valence-electron chi connectivity index (χ4n) is 2.90. The lowest BCUT2D eigenvalue weighted by molar-refractivity contribution is -0.145. The summed E-state index contributed by atoms with van der Waals surface area (Å²) in [5.74, 6) is -0.666. The molecule has 0 saturated carbocycles. The number of carbonyl (C=O) groups is 1. The molecular formula is C21H17N3O4S. The Labute approximate surface area is 169 Å². The zero-order valence-electron chi connectivity index (χ0n) is 15.4. The summed E-state index contributed by atoms with van der Waals surface area (Å²) in [5.41, 5.74) is 0.652. The molecule has 146 valence electrons. The molecule has 0 radical (unpaired) electrons. The maximum absolute atomic E-state index is 12.6. The van der Waals surface area contributed by atoms with Crippen molar-refractivity contribution in [2.75, 3.05) is 0 Å². The van der Waals surface area contributed by atoms with E-state index >= 15 is 0 Å². The third-order valence-corrected chi connectivity index (χ3v) is 5.33. The average molecular weight is 407 g/mol. The number of esters is 1. The Morgan fingerprint density at radius 3 is 2.55 bits per heavy atom. The van der Waals surface area contributed by atoms with Crippen LogP contribution in [-0.2, 0) is 29.2 Å². The first-order valence-electron chi connectivity index (χ1n) is 8.94. The Morgan fingerprint density at radius 1 is 1.00 bits per heavy atom. The summed E-state index contributed by atoms with van der Waals surface area (Å²) in [5, 5.41) is 0.654. The first-order chi connectivity index (χ1) is 14.1. The van der Waals surface area contributed by atoms with E-state index in [2.05, 4.69) is 4.98 Å². The van der Waals surface area contributed by atoms with Gasteiger partial charge in [0.05, 0.1) is 16.8 Å². The summed E-state index contributed by atoms with van der Waals surface area (Å²) in [4.78, 5) is 41.3. The Hall–Kier alpha value is -3.52. The number of nitrogens with zero attached hydrogens (tertiary/aromatic N) is 3. The average Bonchev–Trinajstić information content (AvgIpc) is 3.15. The van der Waals surface area contributed by atoms with Gasteiger partial charge in [-0.15, -0.1) is 11.3 Å². The van der Waals surface area contributed by atoms with Gasteiger partial charge < -0.3 is 4.74 Å². The minimum Gasteiger partial charge on any atom is -0.457 e. The van der Waals surface area contributed by atoms with Crippen molar-refractivity contribution in [3.05, 3.63) is 98.3 Å². The predicted molar refractivity (Wildman–Crippen MR) is 110 cm³/mol. The number of hydrogen-bond donors (Lipinski definition) is 0. The molecule has 0 bridgehead atoms. The van der Waals surface area contributed by atoms with Crippen LogP contribution < -0.4 is 11.2 Å². The lowest BCUT2D eigenvalue weighted by Crippen LogP contribution is -2.41. The molecule has 2 aromatic heterocycles. The van der Waals surface area contributed by atoms with E-state index in [1.165, 1.54) is 28.2 Å². The molecule has 0 spiro atoms. The maximum atomic E-state index is 12.6. The molecule has 29 heavy (non-hydrogen) atoms. The van der Waals surface area contributed by atoms with Crippen molar-refractivity contribution in [2.45, 2.75) is 19.7 Å². The van der Waals surface area contributed by atoms with Gasteiger partial charge in [0.2, 0.25) is 0 Å². The van der Waals surface area contributed by atoms with E-state index in [0.29, 0.717) is 11.6 Å². The zero-order valence-corrected chi connectivity index (χ0v) is 16.2. The van der Waals surface area contributed by atoms with Crippen LogP contribution in [-0.4, -0.2) is 20.1 Å². The smallest absolute Gasteiger partial charge is 0.331 e. The number of benzene rings is 2. The highest BCUT2D eigenvalue weighted by Gasteiger charge is 2.13. The minimum atomic E-state index is -0.666. The summed E-state index contributed by atoms with van der Waals surface area (Å²) in [6.07, 6.45) is 1.43. The number of fused-ring (bicyclic) bond motifs is 1. The molecule has 0 aliphatic heterocycles. The zero-order chi connectivity index (χ0) is 20.2. The molecule has 0 aliphatic carbocycles. The van der Waals surface area contributed by atoms with E-state index in [0.717, 1.165) is 20.3 Å². The number of thiazole rings is 1. The molecule has 2 aromatic carbocycles. The van der Waals surface area contributed by atoms with Crippen LogP contribution in [0.3, 0.4) is 0 Å². The fraction of sp³-hybridized carbons (Fsp3) is 0.143. The molecule has 0 N–H and O–H groups in total. The molecule has 0 fully saturated rings. The Morgan fingerprint density at radius 2 is 1.76 bits per heavy atom. The van der Waals surface area contributed by atoms with E-state index in [1.807, 2.05) is 54.6 Å². The number of para-hydroxylation sites is 1. The van der Waals surface area contributed by atoms with Crippen LogP contribution in [0.25, 0.3) is 10.2 Å². The standard InChI is InChI=1S/C21H17N3O4S/c25-19-10-11-23(12-15-6-2-1-3-7-15)21(27)24(19)13-20(26)28-14-18-22-16-8-4-5-9-17(16)29-18/h1-11H,12-14H2. The van der Waals surface area contributed by atoms with E-state index < -0.39 is 23.8 Å². The third-order valence-electron chi connectivity index (χ3n) is 4.32. The molecule has 0 aliphatic rings. The normalized spacial score (nSPS) is 10.9. The number of carbonyl (C=O) groups excluding carboxylic acids is 1. The number of ether oxygens (including phenoxy) is 1. The Kier molecular flexibility index (Phi) is 5.35. The van der Waals surface area contributed by atoms with Crippen LogP contribution in [0.15, 0.2) is 76.4 Å². The molecule has 8 heteroatoms. The van der Waals surface area contributed by atoms with Gasteiger partial charge >= 0.3 is 11.7 Å². The second-order valence-corrected chi connectivity index (χ2v) is 7.49. The van der Waals surface area contributed by atoms with Gasteiger partial charge in [-0.1, -0.05) is 42.5 Å². The first-order valence-corrected chi connectivity index (χ1v) is 9.76. The van der Waals surface area contributed by atoms with Gasteiger partial charge in [0, 0.05) is 12.3 Å². The summed E-state index contributed by atoms with van der Waals surface area (Å²) in [7, 11) is 0. The van der Waals surface area contributed by atoms with E-state index in [4.69, 9.17) is 4.74 Å². The van der Waals surface area contributed by atoms with Crippen LogP contribution in [0.1, 0.15) is 10.6 Å². The first kappa shape index (κ1) is 18.8. The van der Waals surface area contributed by atoms with Gasteiger partial charge in [-0.25, -0.2) is 14.3 Å². The summed E-state index contributed by atoms with van der Waals surface area (Å²) < 4.78 is 8.50. The van der Waals surface area contributed by atoms with Gasteiger partial charge in [0.1, 0.15) is 18.2 Å². The van der Waals surface area contributed by atoms with Crippen LogP contribution in [0.2, 0.25) is 0 Å². The van der Waals surface area contributed by atoms with Crippen molar-refractivity contribution in [1.29, 1.82) is 0 Å². The van der Waals surface area contributed by atoms with Crippen molar-refractivity contribution in [3.63, 3.8) is 0 Å². The van der Waals surface area contributed by atoms with E-state index in [9.17, 15) is 14.4 Å². The highest BCUT2D eigenvalue weighted by Crippen LogP contribution is 2.21. The van der Waals surface area contributed by atoms with Crippen LogP contribution in [0.4, 0.5) is 0 Å². The second-order valence-electron chi connectivity index (χ2n) is 6.37.